The summed E-state index contributed by atoms with van der Waals surface area (Å²) in [4.78, 5) is 9.39. The van der Waals surface area contributed by atoms with Crippen molar-refractivity contribution in [2.45, 2.75) is 52.0 Å². The van der Waals surface area contributed by atoms with E-state index in [2.05, 4.69) is 22.5 Å². The lowest BCUT2D eigenvalue weighted by molar-refractivity contribution is 0.587. The Bertz CT molecular complexity index is 821. The molecule has 0 fully saturated rings. The molecule has 0 aliphatic heterocycles. The van der Waals surface area contributed by atoms with Crippen molar-refractivity contribution in [3.63, 3.8) is 0 Å². The average Bonchev–Trinajstić information content (AvgIpc) is 2.95. The second-order valence-electron chi connectivity index (χ2n) is 6.34. The van der Waals surface area contributed by atoms with E-state index in [1.54, 1.807) is 0 Å². The van der Waals surface area contributed by atoms with Gasteiger partial charge in [-0.05, 0) is 31.9 Å². The summed E-state index contributed by atoms with van der Waals surface area (Å²) in [5.74, 6) is 1.65. The minimum Gasteiger partial charge on any atom is -0.382 e. The SMILES string of the molecule is CCCCCc1nc2c(N)nc3ccccc3c2n1CCCCN. The van der Waals surface area contributed by atoms with Crippen molar-refractivity contribution in [2.24, 2.45) is 5.73 Å². The third kappa shape index (κ3) is 3.22. The highest BCUT2D eigenvalue weighted by molar-refractivity contribution is 6.06. The molecule has 0 aliphatic rings. The van der Waals surface area contributed by atoms with Crippen molar-refractivity contribution in [3.05, 3.63) is 30.1 Å². The Hall–Kier alpha value is -2.14. The first-order valence-corrected chi connectivity index (χ1v) is 8.99. The van der Waals surface area contributed by atoms with Gasteiger partial charge in [0.05, 0.1) is 11.0 Å². The lowest BCUT2D eigenvalue weighted by Crippen LogP contribution is -2.07. The van der Waals surface area contributed by atoms with E-state index in [4.69, 9.17) is 16.5 Å². The average molecular weight is 325 g/mol. The highest BCUT2D eigenvalue weighted by atomic mass is 15.1. The molecule has 1 aromatic carbocycles. The van der Waals surface area contributed by atoms with Gasteiger partial charge in [0.1, 0.15) is 11.3 Å². The molecule has 0 atom stereocenters. The monoisotopic (exact) mass is 325 g/mol. The van der Waals surface area contributed by atoms with Gasteiger partial charge in [-0.15, -0.1) is 0 Å². The van der Waals surface area contributed by atoms with E-state index in [1.807, 2.05) is 18.2 Å². The van der Waals surface area contributed by atoms with Crippen LogP contribution < -0.4 is 11.5 Å². The molecule has 5 nitrogen and oxygen atoms in total. The molecule has 3 aromatic rings. The van der Waals surface area contributed by atoms with Crippen LogP contribution in [0.4, 0.5) is 5.82 Å². The summed E-state index contributed by atoms with van der Waals surface area (Å²) in [5, 5.41) is 1.13. The number of aryl methyl sites for hydroxylation is 2. The molecule has 0 spiro atoms. The van der Waals surface area contributed by atoms with Gasteiger partial charge in [0, 0.05) is 18.4 Å². The smallest absolute Gasteiger partial charge is 0.152 e. The molecule has 0 radical (unpaired) electrons. The largest absolute Gasteiger partial charge is 0.382 e. The molecule has 2 aromatic heterocycles. The molecule has 0 saturated heterocycles. The van der Waals surface area contributed by atoms with Crippen molar-refractivity contribution in [3.8, 4) is 0 Å². The summed E-state index contributed by atoms with van der Waals surface area (Å²) in [7, 11) is 0. The second-order valence-corrected chi connectivity index (χ2v) is 6.34. The Kier molecular flexibility index (Phi) is 5.30. The van der Waals surface area contributed by atoms with Crippen LogP contribution in [-0.4, -0.2) is 21.1 Å². The Morgan fingerprint density at radius 2 is 1.88 bits per heavy atom. The summed E-state index contributed by atoms with van der Waals surface area (Å²) in [6.45, 7) is 3.88. The summed E-state index contributed by atoms with van der Waals surface area (Å²) in [6.07, 6.45) is 6.65. The van der Waals surface area contributed by atoms with E-state index >= 15 is 0 Å². The zero-order chi connectivity index (χ0) is 16.9. The van der Waals surface area contributed by atoms with Crippen LogP contribution in [0, 0.1) is 0 Å². The zero-order valence-electron chi connectivity index (χ0n) is 14.5. The number of aromatic nitrogens is 3. The van der Waals surface area contributed by atoms with Crippen LogP contribution in [0.3, 0.4) is 0 Å². The van der Waals surface area contributed by atoms with E-state index in [-0.39, 0.29) is 0 Å². The summed E-state index contributed by atoms with van der Waals surface area (Å²) in [5.41, 5.74) is 14.8. The minimum atomic E-state index is 0.526. The van der Waals surface area contributed by atoms with Gasteiger partial charge < -0.3 is 16.0 Å². The molecule has 4 N–H and O–H groups in total. The molecule has 0 amide bonds. The Labute approximate surface area is 143 Å². The zero-order valence-corrected chi connectivity index (χ0v) is 14.5. The van der Waals surface area contributed by atoms with Crippen molar-refractivity contribution in [1.82, 2.24) is 14.5 Å². The topological polar surface area (TPSA) is 82.8 Å². The van der Waals surface area contributed by atoms with E-state index in [1.165, 1.54) is 12.8 Å². The van der Waals surface area contributed by atoms with Crippen LogP contribution in [0.1, 0.15) is 44.9 Å². The summed E-state index contributed by atoms with van der Waals surface area (Å²) >= 11 is 0. The third-order valence-electron chi connectivity index (χ3n) is 4.53. The van der Waals surface area contributed by atoms with E-state index in [9.17, 15) is 0 Å². The number of unbranched alkanes of at least 4 members (excludes halogenated alkanes) is 3. The number of para-hydroxylation sites is 1. The predicted octanol–water partition coefficient (Wildman–Crippen LogP) is 3.64. The van der Waals surface area contributed by atoms with E-state index in [0.717, 1.165) is 66.5 Å². The minimum absolute atomic E-state index is 0.526. The number of nitrogens with zero attached hydrogens (tertiary/aromatic N) is 3. The Morgan fingerprint density at radius 3 is 2.67 bits per heavy atom. The fraction of sp³-hybridized carbons (Fsp3) is 0.474. The Morgan fingerprint density at radius 1 is 1.04 bits per heavy atom. The maximum atomic E-state index is 6.21. The first-order chi connectivity index (χ1) is 11.8. The fourth-order valence-corrected chi connectivity index (χ4v) is 3.28. The molecule has 0 saturated carbocycles. The molecule has 3 rings (SSSR count). The third-order valence-corrected chi connectivity index (χ3v) is 4.53. The van der Waals surface area contributed by atoms with Gasteiger partial charge in [-0.25, -0.2) is 9.97 Å². The molecule has 24 heavy (non-hydrogen) atoms. The number of hydrogen-bond acceptors (Lipinski definition) is 4. The van der Waals surface area contributed by atoms with Crippen LogP contribution >= 0.6 is 0 Å². The van der Waals surface area contributed by atoms with Gasteiger partial charge in [-0.2, -0.15) is 0 Å². The number of pyridine rings is 1. The van der Waals surface area contributed by atoms with Crippen molar-refractivity contribution < 1.29 is 0 Å². The highest BCUT2D eigenvalue weighted by Crippen LogP contribution is 2.29. The van der Waals surface area contributed by atoms with Crippen molar-refractivity contribution >= 4 is 27.8 Å². The molecule has 0 unspecified atom stereocenters. The molecule has 5 heteroatoms. The maximum Gasteiger partial charge on any atom is 0.152 e. The lowest BCUT2D eigenvalue weighted by atomic mass is 10.1. The number of benzene rings is 1. The summed E-state index contributed by atoms with van der Waals surface area (Å²) in [6, 6.07) is 8.17. The van der Waals surface area contributed by atoms with Crippen molar-refractivity contribution in [1.29, 1.82) is 0 Å². The van der Waals surface area contributed by atoms with Gasteiger partial charge >= 0.3 is 0 Å². The number of rotatable bonds is 8. The van der Waals surface area contributed by atoms with Crippen molar-refractivity contribution in [2.75, 3.05) is 12.3 Å². The van der Waals surface area contributed by atoms with Gasteiger partial charge in [0.25, 0.3) is 0 Å². The first kappa shape index (κ1) is 16.7. The number of anilines is 1. The summed E-state index contributed by atoms with van der Waals surface area (Å²) < 4.78 is 2.35. The number of fused-ring (bicyclic) bond motifs is 3. The van der Waals surface area contributed by atoms with Gasteiger partial charge in [0.15, 0.2) is 5.82 Å². The van der Waals surface area contributed by atoms with Crippen LogP contribution in [-0.2, 0) is 13.0 Å². The quantitative estimate of drug-likeness (QED) is 0.619. The molecule has 2 heterocycles. The van der Waals surface area contributed by atoms with Gasteiger partial charge in [-0.3, -0.25) is 0 Å². The van der Waals surface area contributed by atoms with Gasteiger partial charge in [-0.1, -0.05) is 38.0 Å². The number of nitrogens with two attached hydrogens (primary N) is 2. The molecule has 128 valence electrons. The Balaban J connectivity index is 2.13. The number of hydrogen-bond donors (Lipinski definition) is 2. The molecule has 0 aliphatic carbocycles. The van der Waals surface area contributed by atoms with Crippen LogP contribution in [0.2, 0.25) is 0 Å². The highest BCUT2D eigenvalue weighted by Gasteiger charge is 2.16. The lowest BCUT2D eigenvalue weighted by Gasteiger charge is -2.10. The van der Waals surface area contributed by atoms with Crippen LogP contribution in [0.25, 0.3) is 21.9 Å². The van der Waals surface area contributed by atoms with Gasteiger partial charge in [0.2, 0.25) is 0 Å². The van der Waals surface area contributed by atoms with Crippen LogP contribution in [0.5, 0.6) is 0 Å². The molecular weight excluding hydrogens is 298 g/mol. The van der Waals surface area contributed by atoms with E-state index < -0.39 is 0 Å². The number of imidazole rings is 1. The number of nitrogen functional groups attached to an aromatic ring is 1. The molecule has 0 bridgehead atoms. The second kappa shape index (κ2) is 7.62. The van der Waals surface area contributed by atoms with Crippen LogP contribution in [0.15, 0.2) is 24.3 Å². The predicted molar refractivity (Wildman–Crippen MR) is 101 cm³/mol. The maximum absolute atomic E-state index is 6.21. The normalized spacial score (nSPS) is 11.6. The standard InChI is InChI=1S/C19H27N5/c1-2-3-4-11-16-23-17-18(24(16)13-8-7-12-20)14-9-5-6-10-15(14)22-19(17)21/h5-6,9-10H,2-4,7-8,11-13,20H2,1H3,(H2,21,22). The fourth-order valence-electron chi connectivity index (χ4n) is 3.28. The first-order valence-electron chi connectivity index (χ1n) is 8.99. The molecular formula is C19H27N5. The van der Waals surface area contributed by atoms with E-state index in [0.29, 0.717) is 5.82 Å².